The number of hydrogen-bond acceptors (Lipinski definition) is 5. The van der Waals surface area contributed by atoms with Crippen molar-refractivity contribution in [1.82, 2.24) is 13.5 Å². The molecule has 0 radical (unpaired) electrons. The summed E-state index contributed by atoms with van der Waals surface area (Å²) in [7, 11) is -5.52. The van der Waals surface area contributed by atoms with Gasteiger partial charge in [-0.1, -0.05) is 0 Å². The molecule has 0 unspecified atom stereocenters. The SMILES string of the molecule is CC(=O)N(C)C1CCN(S(=O)(=O)c2ccc(S(=O)(=O)N3CCCC3)cc2)CC1. The van der Waals surface area contributed by atoms with Gasteiger partial charge in [-0.15, -0.1) is 0 Å². The fourth-order valence-electron chi connectivity index (χ4n) is 3.74. The minimum atomic E-state index is -3.69. The lowest BCUT2D eigenvalue weighted by atomic mass is 10.1. The van der Waals surface area contributed by atoms with Crippen molar-refractivity contribution in [3.05, 3.63) is 24.3 Å². The second-order valence-corrected chi connectivity index (χ2v) is 11.2. The molecule has 2 heterocycles. The minimum Gasteiger partial charge on any atom is -0.343 e. The molecule has 0 saturated carbocycles. The average molecular weight is 430 g/mol. The largest absolute Gasteiger partial charge is 0.343 e. The van der Waals surface area contributed by atoms with Crippen LogP contribution < -0.4 is 0 Å². The first-order valence-corrected chi connectivity index (χ1v) is 12.4. The summed E-state index contributed by atoms with van der Waals surface area (Å²) >= 11 is 0. The molecule has 28 heavy (non-hydrogen) atoms. The van der Waals surface area contributed by atoms with Crippen molar-refractivity contribution >= 4 is 26.0 Å². The Morgan fingerprint density at radius 3 is 1.64 bits per heavy atom. The Bertz CT molecular complexity index is 914. The smallest absolute Gasteiger partial charge is 0.243 e. The second kappa shape index (κ2) is 8.10. The first-order valence-electron chi connectivity index (χ1n) is 9.48. The summed E-state index contributed by atoms with van der Waals surface area (Å²) in [6.45, 7) is 3.18. The Balaban J connectivity index is 1.72. The highest BCUT2D eigenvalue weighted by Gasteiger charge is 2.32. The summed E-state index contributed by atoms with van der Waals surface area (Å²) in [6.07, 6.45) is 2.86. The molecule has 0 aliphatic carbocycles. The molecular formula is C18H27N3O5S2. The first-order chi connectivity index (χ1) is 13.1. The number of carbonyl (C=O) groups excluding carboxylic acids is 1. The molecule has 2 saturated heterocycles. The standard InChI is InChI=1S/C18H27N3O5S2/c1-15(22)19(2)16-9-13-21(14-10-16)28(25,26)18-7-5-17(6-8-18)27(23,24)20-11-3-4-12-20/h5-8,16H,3-4,9-14H2,1-2H3. The number of carbonyl (C=O) groups is 1. The van der Waals surface area contributed by atoms with E-state index in [2.05, 4.69) is 0 Å². The van der Waals surface area contributed by atoms with Gasteiger partial charge in [0.15, 0.2) is 0 Å². The van der Waals surface area contributed by atoms with Crippen LogP contribution in [0.5, 0.6) is 0 Å². The molecule has 2 aliphatic rings. The number of benzene rings is 1. The van der Waals surface area contributed by atoms with Gasteiger partial charge in [0.25, 0.3) is 0 Å². The van der Waals surface area contributed by atoms with E-state index >= 15 is 0 Å². The molecule has 10 heteroatoms. The molecule has 156 valence electrons. The van der Waals surface area contributed by atoms with Crippen LogP contribution in [0, 0.1) is 0 Å². The Morgan fingerprint density at radius 2 is 1.25 bits per heavy atom. The van der Waals surface area contributed by atoms with E-state index < -0.39 is 20.0 Å². The Kier molecular flexibility index (Phi) is 6.14. The van der Waals surface area contributed by atoms with Crippen LogP contribution in [0.15, 0.2) is 34.1 Å². The molecule has 0 N–H and O–H groups in total. The summed E-state index contributed by atoms with van der Waals surface area (Å²) in [5, 5.41) is 0. The van der Waals surface area contributed by atoms with E-state index in [1.807, 2.05) is 0 Å². The van der Waals surface area contributed by atoms with E-state index in [0.717, 1.165) is 12.8 Å². The van der Waals surface area contributed by atoms with Crippen LogP contribution in [0.25, 0.3) is 0 Å². The monoisotopic (exact) mass is 429 g/mol. The summed E-state index contributed by atoms with van der Waals surface area (Å²) in [5.41, 5.74) is 0. The van der Waals surface area contributed by atoms with Gasteiger partial charge in [-0.3, -0.25) is 4.79 Å². The van der Waals surface area contributed by atoms with Crippen LogP contribution in [0.2, 0.25) is 0 Å². The highest BCUT2D eigenvalue weighted by molar-refractivity contribution is 7.89. The lowest BCUT2D eigenvalue weighted by Gasteiger charge is -2.35. The maximum absolute atomic E-state index is 12.9. The Labute approximate surface area is 167 Å². The molecule has 2 fully saturated rings. The first kappa shape index (κ1) is 21.2. The van der Waals surface area contributed by atoms with Crippen molar-refractivity contribution in [1.29, 1.82) is 0 Å². The van der Waals surface area contributed by atoms with Gasteiger partial charge in [0.1, 0.15) is 0 Å². The van der Waals surface area contributed by atoms with Crippen LogP contribution in [0.1, 0.15) is 32.6 Å². The number of nitrogens with zero attached hydrogens (tertiary/aromatic N) is 3. The fraction of sp³-hybridized carbons (Fsp3) is 0.611. The predicted molar refractivity (Wildman–Crippen MR) is 105 cm³/mol. The van der Waals surface area contributed by atoms with Gasteiger partial charge in [-0.25, -0.2) is 16.8 Å². The third-order valence-electron chi connectivity index (χ3n) is 5.63. The number of hydrogen-bond donors (Lipinski definition) is 0. The van der Waals surface area contributed by atoms with Crippen molar-refractivity contribution < 1.29 is 21.6 Å². The van der Waals surface area contributed by atoms with Gasteiger partial charge >= 0.3 is 0 Å². The normalized spacial score (nSPS) is 20.4. The average Bonchev–Trinajstić information content (AvgIpc) is 3.23. The van der Waals surface area contributed by atoms with Gasteiger partial charge in [-0.05, 0) is 49.9 Å². The predicted octanol–water partition coefficient (Wildman–Crippen LogP) is 1.10. The van der Waals surface area contributed by atoms with Crippen molar-refractivity contribution in [3.8, 4) is 0 Å². The van der Waals surface area contributed by atoms with Crippen molar-refractivity contribution in [2.45, 2.75) is 48.4 Å². The zero-order chi connectivity index (χ0) is 20.5. The van der Waals surface area contributed by atoms with Crippen LogP contribution in [0.3, 0.4) is 0 Å². The molecule has 0 spiro atoms. The van der Waals surface area contributed by atoms with E-state index in [0.29, 0.717) is 39.0 Å². The molecular weight excluding hydrogens is 402 g/mol. The summed E-state index contributed by atoms with van der Waals surface area (Å²) in [5.74, 6) is -0.0314. The zero-order valence-electron chi connectivity index (χ0n) is 16.2. The zero-order valence-corrected chi connectivity index (χ0v) is 17.9. The molecule has 3 rings (SSSR count). The maximum atomic E-state index is 12.9. The third-order valence-corrected chi connectivity index (χ3v) is 9.46. The van der Waals surface area contributed by atoms with E-state index in [1.54, 1.807) is 11.9 Å². The van der Waals surface area contributed by atoms with Gasteiger partial charge in [0.2, 0.25) is 26.0 Å². The molecule has 1 aromatic carbocycles. The van der Waals surface area contributed by atoms with E-state index in [-0.39, 0.29) is 21.7 Å². The molecule has 0 atom stereocenters. The minimum absolute atomic E-state index is 0.0314. The molecule has 0 aromatic heterocycles. The van der Waals surface area contributed by atoms with E-state index in [9.17, 15) is 21.6 Å². The van der Waals surface area contributed by atoms with Gasteiger partial charge in [-0.2, -0.15) is 8.61 Å². The quantitative estimate of drug-likeness (QED) is 0.699. The lowest BCUT2D eigenvalue weighted by Crippen LogP contribution is -2.46. The third kappa shape index (κ3) is 4.10. The van der Waals surface area contributed by atoms with Crippen LogP contribution in [-0.2, 0) is 24.8 Å². The molecule has 1 aromatic rings. The van der Waals surface area contributed by atoms with Crippen molar-refractivity contribution in [2.75, 3.05) is 33.2 Å². The molecule has 2 aliphatic heterocycles. The van der Waals surface area contributed by atoms with Gasteiger partial charge in [0.05, 0.1) is 9.79 Å². The maximum Gasteiger partial charge on any atom is 0.243 e. The van der Waals surface area contributed by atoms with Crippen LogP contribution in [0.4, 0.5) is 0 Å². The molecule has 8 nitrogen and oxygen atoms in total. The van der Waals surface area contributed by atoms with Gasteiger partial charge in [0, 0.05) is 46.2 Å². The number of rotatable bonds is 5. The summed E-state index contributed by atoms with van der Waals surface area (Å²) in [4.78, 5) is 13.4. The second-order valence-electron chi connectivity index (χ2n) is 7.35. The number of piperidine rings is 1. The van der Waals surface area contributed by atoms with Crippen LogP contribution in [-0.4, -0.2) is 75.5 Å². The van der Waals surface area contributed by atoms with E-state index in [4.69, 9.17) is 0 Å². The van der Waals surface area contributed by atoms with Crippen LogP contribution >= 0.6 is 0 Å². The van der Waals surface area contributed by atoms with E-state index in [1.165, 1.54) is 39.8 Å². The van der Waals surface area contributed by atoms with Gasteiger partial charge < -0.3 is 4.90 Å². The Hall–Kier alpha value is -1.49. The molecule has 0 bridgehead atoms. The lowest BCUT2D eigenvalue weighted by molar-refractivity contribution is -0.130. The fourth-order valence-corrected chi connectivity index (χ4v) is 6.72. The highest BCUT2D eigenvalue weighted by atomic mass is 32.2. The molecule has 1 amide bonds. The summed E-state index contributed by atoms with van der Waals surface area (Å²) < 4.78 is 53.8. The number of amides is 1. The van der Waals surface area contributed by atoms with Crippen molar-refractivity contribution in [2.24, 2.45) is 0 Å². The Morgan fingerprint density at radius 1 is 0.857 bits per heavy atom. The highest BCUT2D eigenvalue weighted by Crippen LogP contribution is 2.26. The summed E-state index contributed by atoms with van der Waals surface area (Å²) in [6, 6.07) is 5.52. The topological polar surface area (TPSA) is 95.1 Å². The number of sulfonamides is 2. The van der Waals surface area contributed by atoms with Crippen molar-refractivity contribution in [3.63, 3.8) is 0 Å².